The number of benzene rings is 1. The molecule has 2 nitrogen and oxygen atoms in total. The second kappa shape index (κ2) is 5.53. The van der Waals surface area contributed by atoms with Crippen molar-refractivity contribution in [3.05, 3.63) is 51.2 Å². The zero-order chi connectivity index (χ0) is 13.2. The second-order valence-corrected chi connectivity index (χ2v) is 6.33. The van der Waals surface area contributed by atoms with Gasteiger partial charge in [0.25, 0.3) is 0 Å². The Bertz CT molecular complexity index is 549. The summed E-state index contributed by atoms with van der Waals surface area (Å²) in [4.78, 5) is 2.52. The van der Waals surface area contributed by atoms with Gasteiger partial charge >= 0.3 is 0 Å². The van der Waals surface area contributed by atoms with Crippen LogP contribution in [-0.4, -0.2) is 10.9 Å². The van der Waals surface area contributed by atoms with Crippen LogP contribution < -0.4 is 5.73 Å². The molecule has 0 bridgehead atoms. The van der Waals surface area contributed by atoms with E-state index in [0.29, 0.717) is 5.02 Å². The normalized spacial score (nSPS) is 15.1. The molecular weight excluding hydrogens is 276 g/mol. The van der Waals surface area contributed by atoms with Gasteiger partial charge in [-0.2, -0.15) is 11.3 Å². The highest BCUT2D eigenvalue weighted by Crippen LogP contribution is 2.31. The van der Waals surface area contributed by atoms with Crippen LogP contribution in [0.25, 0.3) is 0 Å². The van der Waals surface area contributed by atoms with E-state index in [1.54, 1.807) is 11.3 Å². The Morgan fingerprint density at radius 1 is 1.26 bits per heavy atom. The molecule has 19 heavy (non-hydrogen) atoms. The highest BCUT2D eigenvalue weighted by molar-refractivity contribution is 7.07. The van der Waals surface area contributed by atoms with Crippen LogP contribution >= 0.6 is 22.9 Å². The molecule has 0 unspecified atom stereocenters. The molecule has 0 atom stereocenters. The molecule has 1 aromatic heterocycles. The number of thiophene rings is 1. The van der Waals surface area contributed by atoms with Crippen molar-refractivity contribution in [1.82, 2.24) is 4.90 Å². The van der Waals surface area contributed by atoms with Gasteiger partial charge in [0.1, 0.15) is 0 Å². The molecule has 0 spiro atoms. The number of hydrogen-bond donors (Lipinski definition) is 1. The average Bonchev–Trinajstić information content (AvgIpc) is 3.10. The summed E-state index contributed by atoms with van der Waals surface area (Å²) in [5, 5.41) is 5.06. The number of nitrogens with two attached hydrogens (primary N) is 1. The van der Waals surface area contributed by atoms with Gasteiger partial charge in [0, 0.05) is 29.8 Å². The molecule has 2 aromatic rings. The Hall–Kier alpha value is -1.03. The van der Waals surface area contributed by atoms with E-state index in [4.69, 9.17) is 17.3 Å². The van der Waals surface area contributed by atoms with Crippen molar-refractivity contribution in [3.63, 3.8) is 0 Å². The average molecular weight is 293 g/mol. The zero-order valence-corrected chi connectivity index (χ0v) is 12.3. The van der Waals surface area contributed by atoms with Crippen molar-refractivity contribution in [2.75, 3.05) is 5.73 Å². The third-order valence-electron chi connectivity index (χ3n) is 3.51. The Kier molecular flexibility index (Phi) is 3.78. The molecule has 1 saturated carbocycles. The quantitative estimate of drug-likeness (QED) is 0.839. The molecule has 1 aliphatic carbocycles. The number of rotatable bonds is 5. The van der Waals surface area contributed by atoms with Crippen molar-refractivity contribution in [2.45, 2.75) is 32.0 Å². The van der Waals surface area contributed by atoms with Crippen molar-refractivity contribution < 1.29 is 0 Å². The van der Waals surface area contributed by atoms with Gasteiger partial charge in [-0.3, -0.25) is 4.90 Å². The lowest BCUT2D eigenvalue weighted by molar-refractivity contribution is 0.246. The summed E-state index contributed by atoms with van der Waals surface area (Å²) in [6, 6.07) is 8.72. The van der Waals surface area contributed by atoms with Crippen LogP contribution in [0.5, 0.6) is 0 Å². The van der Waals surface area contributed by atoms with Gasteiger partial charge in [0.15, 0.2) is 0 Å². The van der Waals surface area contributed by atoms with Gasteiger partial charge in [-0.15, -0.1) is 0 Å². The maximum absolute atomic E-state index is 6.05. The number of anilines is 1. The van der Waals surface area contributed by atoms with E-state index in [1.165, 1.54) is 24.0 Å². The molecule has 0 saturated heterocycles. The Labute approximate surface area is 122 Å². The van der Waals surface area contributed by atoms with Gasteiger partial charge < -0.3 is 5.73 Å². The SMILES string of the molecule is Nc1cc(Cl)ccc1CN(Cc1ccsc1)C1CC1. The Morgan fingerprint density at radius 2 is 2.11 bits per heavy atom. The fourth-order valence-electron chi connectivity index (χ4n) is 2.30. The Morgan fingerprint density at radius 3 is 2.74 bits per heavy atom. The van der Waals surface area contributed by atoms with Crippen LogP contribution in [0.15, 0.2) is 35.0 Å². The van der Waals surface area contributed by atoms with Gasteiger partial charge in [0.2, 0.25) is 0 Å². The number of halogens is 1. The first-order valence-corrected chi connectivity index (χ1v) is 7.83. The van der Waals surface area contributed by atoms with E-state index < -0.39 is 0 Å². The second-order valence-electron chi connectivity index (χ2n) is 5.11. The summed E-state index contributed by atoms with van der Waals surface area (Å²) in [6.07, 6.45) is 2.61. The summed E-state index contributed by atoms with van der Waals surface area (Å²) in [5.41, 5.74) is 9.42. The molecule has 3 rings (SSSR count). The van der Waals surface area contributed by atoms with Crippen LogP contribution in [-0.2, 0) is 13.1 Å². The first kappa shape index (κ1) is 13.0. The molecule has 1 fully saturated rings. The monoisotopic (exact) mass is 292 g/mol. The maximum atomic E-state index is 6.05. The standard InChI is InChI=1S/C15H17ClN2S/c16-13-2-1-12(15(17)7-13)9-18(14-3-4-14)8-11-5-6-19-10-11/h1-2,5-7,10,14H,3-4,8-9,17H2. The summed E-state index contributed by atoms with van der Waals surface area (Å²) in [7, 11) is 0. The minimum absolute atomic E-state index is 0.706. The minimum Gasteiger partial charge on any atom is -0.398 e. The van der Waals surface area contributed by atoms with Crippen molar-refractivity contribution >= 4 is 28.6 Å². The lowest BCUT2D eigenvalue weighted by Gasteiger charge is -2.22. The van der Waals surface area contributed by atoms with Crippen molar-refractivity contribution in [1.29, 1.82) is 0 Å². The largest absolute Gasteiger partial charge is 0.398 e. The molecule has 0 radical (unpaired) electrons. The highest BCUT2D eigenvalue weighted by atomic mass is 35.5. The summed E-state index contributed by atoms with van der Waals surface area (Å²) in [5.74, 6) is 0. The van der Waals surface area contributed by atoms with E-state index >= 15 is 0 Å². The molecule has 0 aliphatic heterocycles. The van der Waals surface area contributed by atoms with Gasteiger partial charge in [0.05, 0.1) is 0 Å². The van der Waals surface area contributed by atoms with Gasteiger partial charge in [-0.25, -0.2) is 0 Å². The molecule has 4 heteroatoms. The summed E-state index contributed by atoms with van der Waals surface area (Å²) >= 11 is 7.71. The van der Waals surface area contributed by atoms with Gasteiger partial charge in [-0.1, -0.05) is 17.7 Å². The molecule has 1 aliphatic rings. The Balaban J connectivity index is 1.74. The number of nitrogens with zero attached hydrogens (tertiary/aromatic N) is 1. The van der Waals surface area contributed by atoms with Crippen molar-refractivity contribution in [2.24, 2.45) is 0 Å². The number of nitrogen functional groups attached to an aromatic ring is 1. The fourth-order valence-corrected chi connectivity index (χ4v) is 3.14. The predicted octanol–water partition coefficient (Wildman–Crippen LogP) is 4.15. The van der Waals surface area contributed by atoms with Crippen LogP contribution in [0.4, 0.5) is 5.69 Å². The smallest absolute Gasteiger partial charge is 0.0426 e. The fraction of sp³-hybridized carbons (Fsp3) is 0.333. The van der Waals surface area contributed by atoms with Crippen LogP contribution in [0.2, 0.25) is 5.02 Å². The molecular formula is C15H17ClN2S. The minimum atomic E-state index is 0.706. The summed E-state index contributed by atoms with van der Waals surface area (Å²) < 4.78 is 0. The van der Waals surface area contributed by atoms with Crippen LogP contribution in [0.1, 0.15) is 24.0 Å². The van der Waals surface area contributed by atoms with E-state index in [-0.39, 0.29) is 0 Å². The predicted molar refractivity (Wildman–Crippen MR) is 82.5 cm³/mol. The van der Waals surface area contributed by atoms with E-state index in [1.807, 2.05) is 18.2 Å². The highest BCUT2D eigenvalue weighted by Gasteiger charge is 2.29. The van der Waals surface area contributed by atoms with E-state index in [9.17, 15) is 0 Å². The lowest BCUT2D eigenvalue weighted by atomic mass is 10.1. The molecule has 1 heterocycles. The molecule has 2 N–H and O–H groups in total. The third-order valence-corrected chi connectivity index (χ3v) is 4.48. The first-order chi connectivity index (χ1) is 9.22. The van der Waals surface area contributed by atoms with Crippen molar-refractivity contribution in [3.8, 4) is 0 Å². The topological polar surface area (TPSA) is 29.3 Å². The summed E-state index contributed by atoms with van der Waals surface area (Å²) in [6.45, 7) is 1.92. The molecule has 100 valence electrons. The number of hydrogen-bond acceptors (Lipinski definition) is 3. The van der Waals surface area contributed by atoms with E-state index in [2.05, 4.69) is 21.7 Å². The van der Waals surface area contributed by atoms with Crippen LogP contribution in [0, 0.1) is 0 Å². The first-order valence-electron chi connectivity index (χ1n) is 6.51. The van der Waals surface area contributed by atoms with Crippen LogP contribution in [0.3, 0.4) is 0 Å². The molecule has 1 aromatic carbocycles. The van der Waals surface area contributed by atoms with E-state index in [0.717, 1.165) is 24.8 Å². The zero-order valence-electron chi connectivity index (χ0n) is 10.7. The third kappa shape index (κ3) is 3.30. The van der Waals surface area contributed by atoms with Gasteiger partial charge in [-0.05, 0) is 52.9 Å². The maximum Gasteiger partial charge on any atom is 0.0426 e. The molecule has 0 amide bonds. The lowest BCUT2D eigenvalue weighted by Crippen LogP contribution is -2.25.